The van der Waals surface area contributed by atoms with E-state index >= 15 is 0 Å². The van der Waals surface area contributed by atoms with Gasteiger partial charge >= 0.3 is 0 Å². The number of fused-ring (bicyclic) bond motifs is 6. The minimum atomic E-state index is 0.648. The van der Waals surface area contributed by atoms with Crippen molar-refractivity contribution < 1.29 is 0 Å². The first-order valence-corrected chi connectivity index (χ1v) is 13.6. The molecule has 0 N–H and O–H groups in total. The molecule has 4 nitrogen and oxygen atoms in total. The molecule has 0 saturated heterocycles. The first-order valence-electron chi connectivity index (χ1n) is 13.6. The van der Waals surface area contributed by atoms with Crippen molar-refractivity contribution in [3.63, 3.8) is 0 Å². The van der Waals surface area contributed by atoms with Gasteiger partial charge in [-0.1, -0.05) is 84.9 Å². The molecule has 0 atom stereocenters. The second kappa shape index (κ2) is 8.83. The molecule has 0 aliphatic heterocycles. The van der Waals surface area contributed by atoms with E-state index in [-0.39, 0.29) is 0 Å². The zero-order chi connectivity index (χ0) is 26.6. The van der Waals surface area contributed by atoms with Gasteiger partial charge in [-0.2, -0.15) is 5.26 Å². The molecule has 0 bridgehead atoms. The summed E-state index contributed by atoms with van der Waals surface area (Å²) in [6.07, 6.45) is 6.46. The van der Waals surface area contributed by atoms with Crippen LogP contribution in [-0.2, 0) is 6.42 Å². The third-order valence-electron chi connectivity index (χ3n) is 8.04. The van der Waals surface area contributed by atoms with Gasteiger partial charge in [-0.3, -0.25) is 9.13 Å². The summed E-state index contributed by atoms with van der Waals surface area (Å²) >= 11 is 0. The Hall–Kier alpha value is -5.40. The van der Waals surface area contributed by atoms with Crippen LogP contribution in [0.1, 0.15) is 23.2 Å². The monoisotopic (exact) mass is 512 g/mol. The van der Waals surface area contributed by atoms with Gasteiger partial charge in [0.25, 0.3) is 0 Å². The van der Waals surface area contributed by atoms with Crippen LogP contribution in [0.2, 0.25) is 0 Å². The highest BCUT2D eigenvalue weighted by atomic mass is 15.1. The van der Waals surface area contributed by atoms with Gasteiger partial charge in [-0.05, 0) is 60.4 Å². The number of nitrogens with zero attached hydrogens (tertiary/aromatic N) is 4. The minimum Gasteiger partial charge on any atom is -0.297 e. The van der Waals surface area contributed by atoms with Crippen LogP contribution in [0.5, 0.6) is 0 Å². The van der Waals surface area contributed by atoms with E-state index in [2.05, 4.69) is 112 Å². The summed E-state index contributed by atoms with van der Waals surface area (Å²) in [6, 6.07) is 40.0. The molecule has 0 unspecified atom stereocenters. The predicted octanol–water partition coefficient (Wildman–Crippen LogP) is 8.62. The molecule has 4 heteroatoms. The van der Waals surface area contributed by atoms with Crippen molar-refractivity contribution in [2.24, 2.45) is 0 Å². The highest BCUT2D eigenvalue weighted by molar-refractivity contribution is 6.09. The van der Waals surface area contributed by atoms with E-state index in [4.69, 9.17) is 4.98 Å². The predicted molar refractivity (Wildman–Crippen MR) is 163 cm³/mol. The quantitative estimate of drug-likeness (QED) is 0.238. The van der Waals surface area contributed by atoms with E-state index in [0.29, 0.717) is 5.56 Å². The standard InChI is InChI=1S/C36H24N4/c37-23-24-11-1-2-12-26(24)25-21-35(39-31-17-7-3-13-27(31)28-14-4-8-18-32(28)39)38-36(22-25)40-33-19-9-5-15-29(33)30-16-6-10-20-34(30)40/h1-9,11-19,21-22H,10,20H2. The SMILES string of the molecule is N#Cc1ccccc1-c1cc(-n2c3c(c4ccccc42)C=CCC3)nc(-n2c3ccccc3c3ccccc32)c1. The summed E-state index contributed by atoms with van der Waals surface area (Å²) in [5, 5.41) is 13.6. The lowest BCUT2D eigenvalue weighted by molar-refractivity contribution is 0.866. The van der Waals surface area contributed by atoms with Crippen molar-refractivity contribution in [2.45, 2.75) is 12.8 Å². The number of nitriles is 1. The van der Waals surface area contributed by atoms with Crippen molar-refractivity contribution in [3.05, 3.63) is 132 Å². The number of pyridine rings is 1. The molecule has 8 rings (SSSR count). The number of allylic oxidation sites excluding steroid dienone is 1. The van der Waals surface area contributed by atoms with Crippen LogP contribution in [-0.4, -0.2) is 14.1 Å². The molecule has 7 aromatic rings. The van der Waals surface area contributed by atoms with Gasteiger partial charge in [0.05, 0.1) is 28.2 Å². The highest BCUT2D eigenvalue weighted by Crippen LogP contribution is 2.37. The van der Waals surface area contributed by atoms with Gasteiger partial charge in [-0.25, -0.2) is 4.98 Å². The van der Waals surface area contributed by atoms with E-state index in [1.807, 2.05) is 24.3 Å². The molecule has 0 fully saturated rings. The second-order valence-electron chi connectivity index (χ2n) is 10.3. The Morgan fingerprint density at radius 2 is 1.23 bits per heavy atom. The smallest absolute Gasteiger partial charge is 0.140 e. The molecule has 3 aromatic heterocycles. The highest BCUT2D eigenvalue weighted by Gasteiger charge is 2.21. The molecule has 0 saturated carbocycles. The third-order valence-corrected chi connectivity index (χ3v) is 8.04. The molecule has 188 valence electrons. The number of hydrogen-bond acceptors (Lipinski definition) is 2. The minimum absolute atomic E-state index is 0.648. The number of aromatic nitrogens is 3. The number of rotatable bonds is 3. The Morgan fingerprint density at radius 3 is 1.93 bits per heavy atom. The van der Waals surface area contributed by atoms with Gasteiger partial charge in [0.1, 0.15) is 11.6 Å². The Morgan fingerprint density at radius 1 is 0.650 bits per heavy atom. The Balaban J connectivity index is 1.50. The van der Waals surface area contributed by atoms with E-state index in [1.165, 1.54) is 27.4 Å². The Bertz CT molecular complexity index is 2130. The van der Waals surface area contributed by atoms with Gasteiger partial charge < -0.3 is 0 Å². The van der Waals surface area contributed by atoms with Crippen LogP contribution < -0.4 is 0 Å². The van der Waals surface area contributed by atoms with Crippen LogP contribution in [0, 0.1) is 11.3 Å². The second-order valence-corrected chi connectivity index (χ2v) is 10.3. The maximum Gasteiger partial charge on any atom is 0.140 e. The lowest BCUT2D eigenvalue weighted by atomic mass is 10.0. The number of benzene rings is 4. The van der Waals surface area contributed by atoms with E-state index < -0.39 is 0 Å². The van der Waals surface area contributed by atoms with Gasteiger partial charge in [0.2, 0.25) is 0 Å². The van der Waals surface area contributed by atoms with Crippen molar-refractivity contribution in [1.29, 1.82) is 5.26 Å². The summed E-state index contributed by atoms with van der Waals surface area (Å²) in [7, 11) is 0. The molecular weight excluding hydrogens is 488 g/mol. The number of hydrogen-bond donors (Lipinski definition) is 0. The molecule has 3 heterocycles. The van der Waals surface area contributed by atoms with E-state index in [1.54, 1.807) is 0 Å². The van der Waals surface area contributed by atoms with E-state index in [9.17, 15) is 5.26 Å². The Labute approximate surface area is 231 Å². The zero-order valence-corrected chi connectivity index (χ0v) is 21.8. The van der Waals surface area contributed by atoms with Crippen LogP contribution in [0.25, 0.3) is 61.5 Å². The topological polar surface area (TPSA) is 46.5 Å². The Kier molecular flexibility index (Phi) is 4.98. The summed E-state index contributed by atoms with van der Waals surface area (Å²) in [5.41, 5.74) is 8.42. The van der Waals surface area contributed by atoms with Crippen molar-refractivity contribution >= 4 is 38.8 Å². The molecule has 0 spiro atoms. The summed E-state index contributed by atoms with van der Waals surface area (Å²) < 4.78 is 4.58. The summed E-state index contributed by atoms with van der Waals surface area (Å²) in [6.45, 7) is 0. The van der Waals surface area contributed by atoms with Gasteiger partial charge in [0, 0.05) is 27.4 Å². The van der Waals surface area contributed by atoms with Crippen molar-refractivity contribution in [3.8, 4) is 28.8 Å². The van der Waals surface area contributed by atoms with Crippen LogP contribution >= 0.6 is 0 Å². The van der Waals surface area contributed by atoms with E-state index in [0.717, 1.165) is 52.2 Å². The zero-order valence-electron chi connectivity index (χ0n) is 21.8. The largest absolute Gasteiger partial charge is 0.297 e. The molecule has 1 aliphatic carbocycles. The average Bonchev–Trinajstić information content (AvgIpc) is 3.54. The molecule has 0 radical (unpaired) electrons. The number of para-hydroxylation sites is 3. The fourth-order valence-electron chi connectivity index (χ4n) is 6.32. The average molecular weight is 513 g/mol. The molecule has 1 aliphatic rings. The van der Waals surface area contributed by atoms with Crippen LogP contribution in [0.3, 0.4) is 0 Å². The summed E-state index contributed by atoms with van der Waals surface area (Å²) in [5.74, 6) is 1.69. The fraction of sp³-hybridized carbons (Fsp3) is 0.0556. The van der Waals surface area contributed by atoms with Crippen molar-refractivity contribution in [1.82, 2.24) is 14.1 Å². The maximum absolute atomic E-state index is 9.98. The molecule has 0 amide bonds. The van der Waals surface area contributed by atoms with Crippen molar-refractivity contribution in [2.75, 3.05) is 0 Å². The summed E-state index contributed by atoms with van der Waals surface area (Å²) in [4.78, 5) is 5.38. The molecule has 4 aromatic carbocycles. The lowest BCUT2D eigenvalue weighted by Crippen LogP contribution is -2.08. The van der Waals surface area contributed by atoms with Crippen LogP contribution in [0.4, 0.5) is 0 Å². The van der Waals surface area contributed by atoms with Crippen LogP contribution in [0.15, 0.2) is 115 Å². The third kappa shape index (κ3) is 3.28. The lowest BCUT2D eigenvalue weighted by Gasteiger charge is -2.17. The molecular formula is C36H24N4. The van der Waals surface area contributed by atoms with Gasteiger partial charge in [-0.15, -0.1) is 0 Å². The fourth-order valence-corrected chi connectivity index (χ4v) is 6.32. The maximum atomic E-state index is 9.98. The normalized spacial score (nSPS) is 12.7. The van der Waals surface area contributed by atoms with Gasteiger partial charge in [0.15, 0.2) is 0 Å². The first kappa shape index (κ1) is 22.6. The molecule has 40 heavy (non-hydrogen) atoms. The first-order chi connectivity index (χ1) is 19.8.